The standard InChI is InChI=1S/C12H12FIN4O/c1-6-10(15)11(18(2)17-6)12(19)16-9-4-3-7(13)5-8(9)14/h3-5H,15H2,1-2H3,(H,16,19). The molecule has 0 saturated heterocycles. The molecule has 0 aliphatic rings. The first-order valence-electron chi connectivity index (χ1n) is 5.45. The SMILES string of the molecule is Cc1nn(C)c(C(=O)Nc2ccc(F)cc2I)c1N. The number of halogens is 2. The molecule has 1 aromatic heterocycles. The first kappa shape index (κ1) is 13.8. The number of nitrogens with zero attached hydrogens (tertiary/aromatic N) is 2. The second-order valence-electron chi connectivity index (χ2n) is 4.05. The number of benzene rings is 1. The average molecular weight is 374 g/mol. The fourth-order valence-electron chi connectivity index (χ4n) is 1.72. The molecular weight excluding hydrogens is 362 g/mol. The summed E-state index contributed by atoms with van der Waals surface area (Å²) in [7, 11) is 1.65. The molecule has 1 heterocycles. The zero-order valence-electron chi connectivity index (χ0n) is 10.4. The highest BCUT2D eigenvalue weighted by atomic mass is 127. The smallest absolute Gasteiger partial charge is 0.276 e. The van der Waals surface area contributed by atoms with E-state index in [2.05, 4.69) is 10.4 Å². The lowest BCUT2D eigenvalue weighted by Gasteiger charge is -2.08. The van der Waals surface area contributed by atoms with Gasteiger partial charge in [-0.3, -0.25) is 9.48 Å². The second-order valence-corrected chi connectivity index (χ2v) is 5.21. The van der Waals surface area contributed by atoms with Crippen LogP contribution in [0.3, 0.4) is 0 Å². The van der Waals surface area contributed by atoms with Crippen molar-refractivity contribution in [3.8, 4) is 0 Å². The molecule has 0 saturated carbocycles. The molecule has 7 heteroatoms. The highest BCUT2D eigenvalue weighted by Gasteiger charge is 2.18. The topological polar surface area (TPSA) is 72.9 Å². The molecule has 0 spiro atoms. The maximum atomic E-state index is 13.0. The van der Waals surface area contributed by atoms with Crippen molar-refractivity contribution < 1.29 is 9.18 Å². The number of nitrogen functional groups attached to an aromatic ring is 1. The first-order chi connectivity index (χ1) is 8.90. The summed E-state index contributed by atoms with van der Waals surface area (Å²) in [5, 5.41) is 6.77. The molecule has 0 bridgehead atoms. The Labute approximate surface area is 123 Å². The summed E-state index contributed by atoms with van der Waals surface area (Å²) in [6.07, 6.45) is 0. The highest BCUT2D eigenvalue weighted by molar-refractivity contribution is 14.1. The number of hydrogen-bond acceptors (Lipinski definition) is 3. The molecule has 19 heavy (non-hydrogen) atoms. The highest BCUT2D eigenvalue weighted by Crippen LogP contribution is 2.21. The van der Waals surface area contributed by atoms with E-state index in [1.165, 1.54) is 22.9 Å². The Bertz CT molecular complexity index is 653. The van der Waals surface area contributed by atoms with Crippen LogP contribution in [0.1, 0.15) is 16.2 Å². The molecule has 2 rings (SSSR count). The van der Waals surface area contributed by atoms with Crippen molar-refractivity contribution >= 4 is 39.9 Å². The largest absolute Gasteiger partial charge is 0.395 e. The van der Waals surface area contributed by atoms with Crippen LogP contribution in [-0.4, -0.2) is 15.7 Å². The molecule has 0 aliphatic heterocycles. The van der Waals surface area contributed by atoms with Gasteiger partial charge in [0.25, 0.3) is 5.91 Å². The van der Waals surface area contributed by atoms with Crippen LogP contribution in [0, 0.1) is 16.3 Å². The van der Waals surface area contributed by atoms with Crippen molar-refractivity contribution in [1.29, 1.82) is 0 Å². The summed E-state index contributed by atoms with van der Waals surface area (Å²) in [6.45, 7) is 1.73. The van der Waals surface area contributed by atoms with Crippen molar-refractivity contribution in [1.82, 2.24) is 9.78 Å². The van der Waals surface area contributed by atoms with E-state index >= 15 is 0 Å². The van der Waals surface area contributed by atoms with E-state index in [4.69, 9.17) is 5.73 Å². The average Bonchev–Trinajstić information content (AvgIpc) is 2.57. The van der Waals surface area contributed by atoms with Gasteiger partial charge >= 0.3 is 0 Å². The third kappa shape index (κ3) is 2.70. The van der Waals surface area contributed by atoms with Gasteiger partial charge in [0.2, 0.25) is 0 Å². The second kappa shape index (κ2) is 5.16. The number of aromatic nitrogens is 2. The van der Waals surface area contributed by atoms with Gasteiger partial charge in [-0.05, 0) is 47.7 Å². The van der Waals surface area contributed by atoms with Crippen LogP contribution in [-0.2, 0) is 7.05 Å². The molecule has 1 aromatic carbocycles. The molecule has 0 fully saturated rings. The van der Waals surface area contributed by atoms with E-state index < -0.39 is 0 Å². The van der Waals surface area contributed by atoms with E-state index in [0.29, 0.717) is 20.6 Å². The van der Waals surface area contributed by atoms with Crippen LogP contribution in [0.4, 0.5) is 15.8 Å². The molecule has 0 atom stereocenters. The maximum absolute atomic E-state index is 13.0. The number of anilines is 2. The molecule has 100 valence electrons. The monoisotopic (exact) mass is 374 g/mol. The quantitative estimate of drug-likeness (QED) is 0.793. The number of hydrogen-bond donors (Lipinski definition) is 2. The van der Waals surface area contributed by atoms with Crippen molar-refractivity contribution in [2.24, 2.45) is 7.05 Å². The van der Waals surface area contributed by atoms with Gasteiger partial charge in [-0.1, -0.05) is 0 Å². The molecule has 2 aromatic rings. The van der Waals surface area contributed by atoms with E-state index in [-0.39, 0.29) is 17.4 Å². The Morgan fingerprint density at radius 1 is 1.53 bits per heavy atom. The normalized spacial score (nSPS) is 10.5. The van der Waals surface area contributed by atoms with Crippen molar-refractivity contribution in [3.63, 3.8) is 0 Å². The van der Waals surface area contributed by atoms with Gasteiger partial charge in [0, 0.05) is 10.6 Å². The lowest BCUT2D eigenvalue weighted by Crippen LogP contribution is -2.18. The van der Waals surface area contributed by atoms with Crippen molar-refractivity contribution in [3.05, 3.63) is 39.0 Å². The lowest BCUT2D eigenvalue weighted by atomic mass is 10.2. The predicted octanol–water partition coefficient (Wildman–Crippen LogP) is 2.31. The van der Waals surface area contributed by atoms with Gasteiger partial charge in [-0.25, -0.2) is 4.39 Å². The fourth-order valence-corrected chi connectivity index (χ4v) is 2.33. The Balaban J connectivity index is 2.31. The minimum atomic E-state index is -0.370. The molecule has 1 amide bonds. The van der Waals surface area contributed by atoms with Crippen molar-refractivity contribution in [2.45, 2.75) is 6.92 Å². The Morgan fingerprint density at radius 2 is 2.21 bits per heavy atom. The summed E-state index contributed by atoms with van der Waals surface area (Å²) < 4.78 is 15.0. The zero-order valence-corrected chi connectivity index (χ0v) is 12.5. The van der Waals surface area contributed by atoms with Gasteiger partial charge in [0.05, 0.1) is 17.1 Å². The van der Waals surface area contributed by atoms with Crippen LogP contribution < -0.4 is 11.1 Å². The molecule has 5 nitrogen and oxygen atoms in total. The van der Waals surface area contributed by atoms with Gasteiger partial charge in [-0.15, -0.1) is 0 Å². The summed E-state index contributed by atoms with van der Waals surface area (Å²) in [4.78, 5) is 12.2. The predicted molar refractivity (Wildman–Crippen MR) is 79.4 cm³/mol. The fraction of sp³-hybridized carbons (Fsp3) is 0.167. The number of aryl methyl sites for hydroxylation is 2. The Kier molecular flexibility index (Phi) is 3.74. The van der Waals surface area contributed by atoms with Gasteiger partial charge in [0.1, 0.15) is 11.5 Å². The van der Waals surface area contributed by atoms with Crippen LogP contribution in [0.25, 0.3) is 0 Å². The Morgan fingerprint density at radius 3 is 2.74 bits per heavy atom. The molecule has 0 radical (unpaired) electrons. The third-order valence-electron chi connectivity index (χ3n) is 2.66. The summed E-state index contributed by atoms with van der Waals surface area (Å²) in [6, 6.07) is 4.14. The lowest BCUT2D eigenvalue weighted by molar-refractivity contribution is 0.101. The number of carbonyl (C=O) groups excluding carboxylic acids is 1. The third-order valence-corrected chi connectivity index (χ3v) is 3.56. The molecule has 0 unspecified atom stereocenters. The van der Waals surface area contributed by atoms with Gasteiger partial charge in [0.15, 0.2) is 0 Å². The number of carbonyl (C=O) groups is 1. The number of rotatable bonds is 2. The summed E-state index contributed by atoms with van der Waals surface area (Å²) >= 11 is 1.95. The van der Waals surface area contributed by atoms with Crippen LogP contribution in [0.15, 0.2) is 18.2 Å². The van der Waals surface area contributed by atoms with Crippen LogP contribution in [0.5, 0.6) is 0 Å². The van der Waals surface area contributed by atoms with Crippen LogP contribution in [0.2, 0.25) is 0 Å². The zero-order chi connectivity index (χ0) is 14.2. The van der Waals surface area contributed by atoms with Gasteiger partial charge in [-0.2, -0.15) is 5.10 Å². The molecule has 3 N–H and O–H groups in total. The van der Waals surface area contributed by atoms with E-state index in [1.54, 1.807) is 14.0 Å². The summed E-state index contributed by atoms with van der Waals surface area (Å²) in [5.74, 6) is -0.719. The van der Waals surface area contributed by atoms with Crippen molar-refractivity contribution in [2.75, 3.05) is 11.1 Å². The van der Waals surface area contributed by atoms with E-state index in [1.807, 2.05) is 22.6 Å². The minimum absolute atomic E-state index is 0.289. The van der Waals surface area contributed by atoms with Crippen LogP contribution >= 0.6 is 22.6 Å². The van der Waals surface area contributed by atoms with E-state index in [9.17, 15) is 9.18 Å². The maximum Gasteiger partial charge on any atom is 0.276 e. The summed E-state index contributed by atoms with van der Waals surface area (Å²) in [5.41, 5.74) is 7.58. The number of nitrogens with two attached hydrogens (primary N) is 1. The first-order valence-corrected chi connectivity index (χ1v) is 6.53. The number of nitrogens with one attached hydrogen (secondary N) is 1. The number of amides is 1. The molecule has 0 aliphatic carbocycles. The molecular formula is C12H12FIN4O. The van der Waals surface area contributed by atoms with Gasteiger partial charge < -0.3 is 11.1 Å². The Hall–Kier alpha value is -1.64. The van der Waals surface area contributed by atoms with E-state index in [0.717, 1.165) is 0 Å². The minimum Gasteiger partial charge on any atom is -0.395 e.